The van der Waals surface area contributed by atoms with Crippen LogP contribution in [0.15, 0.2) is 42.6 Å². The van der Waals surface area contributed by atoms with E-state index < -0.39 is 0 Å². The van der Waals surface area contributed by atoms with Gasteiger partial charge >= 0.3 is 0 Å². The van der Waals surface area contributed by atoms with Gasteiger partial charge in [-0.15, -0.1) is 11.6 Å². The van der Waals surface area contributed by atoms with Crippen molar-refractivity contribution >= 4 is 11.6 Å². The van der Waals surface area contributed by atoms with Gasteiger partial charge in [-0.2, -0.15) is 0 Å². The molecule has 2 aromatic rings. The highest BCUT2D eigenvalue weighted by Crippen LogP contribution is 2.28. The van der Waals surface area contributed by atoms with Crippen LogP contribution < -0.4 is 4.74 Å². The number of aromatic nitrogens is 1. The van der Waals surface area contributed by atoms with Crippen molar-refractivity contribution in [3.05, 3.63) is 59.7 Å². The Labute approximate surface area is 110 Å². The first kappa shape index (κ1) is 12.8. The quantitative estimate of drug-likeness (QED) is 0.786. The summed E-state index contributed by atoms with van der Waals surface area (Å²) < 4.78 is 18.2. The number of halogens is 2. The molecular formula is C14H13ClFNO. The number of rotatable bonds is 4. The van der Waals surface area contributed by atoms with Crippen molar-refractivity contribution in [2.45, 2.75) is 11.8 Å². The molecule has 0 radical (unpaired) electrons. The van der Waals surface area contributed by atoms with Crippen LogP contribution in [-0.4, -0.2) is 12.1 Å². The summed E-state index contributed by atoms with van der Waals surface area (Å²) in [5.74, 6) is -0.179. The predicted molar refractivity (Wildman–Crippen MR) is 69.5 cm³/mol. The summed E-state index contributed by atoms with van der Waals surface area (Å²) in [5, 5.41) is -0.255. The third-order valence-corrected chi connectivity index (χ3v) is 3.06. The van der Waals surface area contributed by atoms with Crippen LogP contribution in [0.5, 0.6) is 5.75 Å². The van der Waals surface area contributed by atoms with E-state index in [4.69, 9.17) is 16.3 Å². The average Bonchev–Trinajstić information content (AvgIpc) is 2.40. The van der Waals surface area contributed by atoms with Crippen LogP contribution in [0.3, 0.4) is 0 Å². The topological polar surface area (TPSA) is 22.1 Å². The number of alkyl halides is 1. The Kier molecular flexibility index (Phi) is 4.15. The van der Waals surface area contributed by atoms with Crippen LogP contribution in [0.25, 0.3) is 0 Å². The lowest BCUT2D eigenvalue weighted by molar-refractivity contribution is 0.386. The summed E-state index contributed by atoms with van der Waals surface area (Å²) in [6.45, 7) is 0. The van der Waals surface area contributed by atoms with Crippen LogP contribution in [0.4, 0.5) is 4.39 Å². The van der Waals surface area contributed by atoms with E-state index in [0.29, 0.717) is 6.42 Å². The normalized spacial score (nSPS) is 12.2. The molecule has 0 saturated heterocycles. The lowest BCUT2D eigenvalue weighted by Crippen LogP contribution is -1.99. The van der Waals surface area contributed by atoms with Crippen molar-refractivity contribution < 1.29 is 9.13 Å². The molecule has 1 aromatic heterocycles. The van der Waals surface area contributed by atoms with E-state index in [0.717, 1.165) is 11.3 Å². The average molecular weight is 266 g/mol. The molecule has 1 aromatic carbocycles. The molecular weight excluding hydrogens is 253 g/mol. The minimum Gasteiger partial charge on any atom is -0.494 e. The van der Waals surface area contributed by atoms with Crippen molar-refractivity contribution in [3.63, 3.8) is 0 Å². The van der Waals surface area contributed by atoms with Gasteiger partial charge in [0.25, 0.3) is 0 Å². The van der Waals surface area contributed by atoms with Crippen molar-refractivity contribution in [2.24, 2.45) is 0 Å². The molecule has 0 saturated carbocycles. The second kappa shape index (κ2) is 5.83. The van der Waals surface area contributed by atoms with Crippen molar-refractivity contribution in [3.8, 4) is 5.75 Å². The largest absolute Gasteiger partial charge is 0.494 e. The summed E-state index contributed by atoms with van der Waals surface area (Å²) in [5.41, 5.74) is 1.72. The molecule has 0 aliphatic rings. The number of ether oxygens (including phenoxy) is 1. The molecule has 94 valence electrons. The van der Waals surface area contributed by atoms with Crippen LogP contribution in [-0.2, 0) is 6.42 Å². The van der Waals surface area contributed by atoms with Gasteiger partial charge in [-0.05, 0) is 29.8 Å². The number of methoxy groups -OCH3 is 1. The lowest BCUT2D eigenvalue weighted by atomic mass is 10.1. The van der Waals surface area contributed by atoms with E-state index in [9.17, 15) is 4.39 Å². The predicted octanol–water partition coefficient (Wildman–Crippen LogP) is 3.75. The third-order valence-electron chi connectivity index (χ3n) is 2.65. The van der Waals surface area contributed by atoms with Gasteiger partial charge in [0, 0.05) is 18.3 Å². The van der Waals surface area contributed by atoms with E-state index in [-0.39, 0.29) is 16.9 Å². The molecule has 18 heavy (non-hydrogen) atoms. The van der Waals surface area contributed by atoms with Gasteiger partial charge in [-0.25, -0.2) is 4.39 Å². The summed E-state index contributed by atoms with van der Waals surface area (Å²) in [6, 6.07) is 10.3. The molecule has 0 spiro atoms. The molecule has 1 unspecified atom stereocenters. The van der Waals surface area contributed by atoms with Crippen LogP contribution in [0, 0.1) is 5.82 Å². The third kappa shape index (κ3) is 2.99. The highest BCUT2D eigenvalue weighted by atomic mass is 35.5. The smallest absolute Gasteiger partial charge is 0.165 e. The standard InChI is InChI=1S/C14H13ClFNO/c1-18-14-8-10(5-6-13(14)16)12(15)9-11-4-2-3-7-17-11/h2-8,12H,9H2,1H3. The van der Waals surface area contributed by atoms with Gasteiger partial charge in [0.05, 0.1) is 12.5 Å². The second-order valence-corrected chi connectivity index (χ2v) is 4.41. The van der Waals surface area contributed by atoms with Gasteiger partial charge in [0.2, 0.25) is 0 Å². The number of hydrogen-bond acceptors (Lipinski definition) is 2. The van der Waals surface area contributed by atoms with Crippen LogP contribution in [0.2, 0.25) is 0 Å². The SMILES string of the molecule is COc1cc(C(Cl)Cc2ccccn2)ccc1F. The lowest BCUT2D eigenvalue weighted by Gasteiger charge is -2.11. The fourth-order valence-corrected chi connectivity index (χ4v) is 1.99. The second-order valence-electron chi connectivity index (χ2n) is 3.89. The van der Waals surface area contributed by atoms with Gasteiger partial charge in [0.1, 0.15) is 0 Å². The summed E-state index contributed by atoms with van der Waals surface area (Å²) in [7, 11) is 1.43. The molecule has 0 amide bonds. The van der Waals surface area contributed by atoms with Crippen molar-refractivity contribution in [1.29, 1.82) is 0 Å². The number of nitrogens with zero attached hydrogens (tertiary/aromatic N) is 1. The Morgan fingerprint density at radius 3 is 2.83 bits per heavy atom. The molecule has 0 aliphatic carbocycles. The Bertz CT molecular complexity index is 518. The molecule has 0 aliphatic heterocycles. The maximum absolute atomic E-state index is 13.3. The minimum absolute atomic E-state index is 0.208. The highest BCUT2D eigenvalue weighted by molar-refractivity contribution is 6.20. The van der Waals surface area contributed by atoms with Gasteiger partial charge in [-0.3, -0.25) is 4.98 Å². The van der Waals surface area contributed by atoms with Crippen molar-refractivity contribution in [1.82, 2.24) is 4.98 Å². The Morgan fingerprint density at radius 2 is 2.17 bits per heavy atom. The van der Waals surface area contributed by atoms with E-state index in [1.54, 1.807) is 18.3 Å². The number of pyridine rings is 1. The number of benzene rings is 1. The molecule has 0 fully saturated rings. The summed E-state index contributed by atoms with van der Waals surface area (Å²) >= 11 is 6.30. The Morgan fingerprint density at radius 1 is 1.33 bits per heavy atom. The molecule has 1 atom stereocenters. The molecule has 4 heteroatoms. The molecule has 2 rings (SSSR count). The van der Waals surface area contributed by atoms with E-state index in [1.807, 2.05) is 18.2 Å². The van der Waals surface area contributed by atoms with Crippen molar-refractivity contribution in [2.75, 3.05) is 7.11 Å². The Balaban J connectivity index is 2.16. The highest BCUT2D eigenvalue weighted by Gasteiger charge is 2.12. The van der Waals surface area contributed by atoms with E-state index in [2.05, 4.69) is 4.98 Å². The van der Waals surface area contributed by atoms with E-state index in [1.165, 1.54) is 13.2 Å². The first-order chi connectivity index (χ1) is 8.70. The molecule has 1 heterocycles. The van der Waals surface area contributed by atoms with Gasteiger partial charge in [-0.1, -0.05) is 12.1 Å². The summed E-state index contributed by atoms with van der Waals surface area (Å²) in [4.78, 5) is 4.21. The monoisotopic (exact) mass is 265 g/mol. The minimum atomic E-state index is -0.386. The maximum atomic E-state index is 13.3. The zero-order chi connectivity index (χ0) is 13.0. The van der Waals surface area contributed by atoms with Crippen LogP contribution >= 0.6 is 11.6 Å². The molecule has 0 bridgehead atoms. The first-order valence-electron chi connectivity index (χ1n) is 5.58. The van der Waals surface area contributed by atoms with Gasteiger partial charge < -0.3 is 4.74 Å². The molecule has 2 nitrogen and oxygen atoms in total. The fourth-order valence-electron chi connectivity index (χ4n) is 1.69. The molecule has 0 N–H and O–H groups in total. The van der Waals surface area contributed by atoms with E-state index >= 15 is 0 Å². The zero-order valence-electron chi connectivity index (χ0n) is 9.94. The van der Waals surface area contributed by atoms with Gasteiger partial charge in [0.15, 0.2) is 11.6 Å². The first-order valence-corrected chi connectivity index (χ1v) is 6.01. The number of hydrogen-bond donors (Lipinski definition) is 0. The zero-order valence-corrected chi connectivity index (χ0v) is 10.7. The summed E-state index contributed by atoms with van der Waals surface area (Å²) in [6.07, 6.45) is 2.32. The Hall–Kier alpha value is -1.61. The van der Waals surface area contributed by atoms with Crippen LogP contribution in [0.1, 0.15) is 16.6 Å². The maximum Gasteiger partial charge on any atom is 0.165 e. The fraction of sp³-hybridized carbons (Fsp3) is 0.214.